The molecule has 1 fully saturated rings. The molecule has 4 aromatic rings. The summed E-state index contributed by atoms with van der Waals surface area (Å²) in [5.74, 6) is 0.0138. The number of nitrogens with zero attached hydrogens (tertiary/aromatic N) is 6. The van der Waals surface area contributed by atoms with Crippen LogP contribution in [0.3, 0.4) is 0 Å². The Kier molecular flexibility index (Phi) is 11.8. The molecule has 0 spiro atoms. The van der Waals surface area contributed by atoms with Crippen LogP contribution in [0.2, 0.25) is 25.7 Å². The SMILES string of the molecule is CN(C(=O)OCc1ccccc1)c1cn(COCC[Si](C)(C)C)c2ncc(C3CCC(N(C)C(=O)Nc4cc(C(F)(F)F)cn(C)c4=O)CC3)nc12. The first-order chi connectivity index (χ1) is 24.5. The van der Waals surface area contributed by atoms with Crippen LogP contribution in [0.25, 0.3) is 11.2 Å². The lowest BCUT2D eigenvalue weighted by molar-refractivity contribution is -0.138. The average Bonchev–Trinajstić information content (AvgIpc) is 3.47. The van der Waals surface area contributed by atoms with Crippen molar-refractivity contribution < 1.29 is 32.2 Å². The maximum Gasteiger partial charge on any atom is 0.417 e. The van der Waals surface area contributed by atoms with Crippen molar-refractivity contribution in [1.82, 2.24) is 24.0 Å². The van der Waals surface area contributed by atoms with Crippen molar-refractivity contribution in [3.63, 3.8) is 0 Å². The summed E-state index contributed by atoms with van der Waals surface area (Å²) < 4.78 is 54.3. The van der Waals surface area contributed by atoms with Crippen molar-refractivity contribution in [2.24, 2.45) is 7.05 Å². The van der Waals surface area contributed by atoms with Crippen molar-refractivity contribution >= 4 is 42.7 Å². The van der Waals surface area contributed by atoms with Crippen LogP contribution in [0.1, 0.15) is 48.4 Å². The van der Waals surface area contributed by atoms with Crippen LogP contribution in [0.4, 0.5) is 34.1 Å². The minimum Gasteiger partial charge on any atom is -0.444 e. The third-order valence-electron chi connectivity index (χ3n) is 9.37. The molecule has 0 bridgehead atoms. The third-order valence-corrected chi connectivity index (χ3v) is 11.1. The highest BCUT2D eigenvalue weighted by Gasteiger charge is 2.33. The number of aromatic nitrogens is 4. The number of rotatable bonds is 11. The van der Waals surface area contributed by atoms with Crippen molar-refractivity contribution in [2.75, 3.05) is 30.9 Å². The fourth-order valence-corrected chi connectivity index (χ4v) is 6.89. The Morgan fingerprint density at radius 1 is 1.06 bits per heavy atom. The molecule has 0 aliphatic heterocycles. The van der Waals surface area contributed by atoms with E-state index in [1.54, 1.807) is 26.5 Å². The van der Waals surface area contributed by atoms with E-state index in [0.717, 1.165) is 21.9 Å². The van der Waals surface area contributed by atoms with Crippen molar-refractivity contribution in [3.8, 4) is 0 Å². The molecule has 1 aromatic carbocycles. The van der Waals surface area contributed by atoms with Gasteiger partial charge in [-0.3, -0.25) is 9.69 Å². The fourth-order valence-electron chi connectivity index (χ4n) is 6.13. The lowest BCUT2D eigenvalue weighted by Crippen LogP contribution is -2.42. The summed E-state index contributed by atoms with van der Waals surface area (Å²) in [6.45, 7) is 7.82. The van der Waals surface area contributed by atoms with Crippen LogP contribution in [0, 0.1) is 0 Å². The standard InChI is InChI=1S/C36H46F3N7O5Si/c1-43-20-26(36(37,38)39)18-28(33(43)47)42-34(48)44(2)27-14-12-25(13-15-27)29-19-40-32-31(41-29)30(21-46(32)23-50-16-17-52(4,5)6)45(3)35(49)51-22-24-10-8-7-9-11-24/h7-11,18-21,25,27H,12-17,22-23H2,1-6H3,(H,42,48). The Morgan fingerprint density at radius 3 is 2.40 bits per heavy atom. The Hall–Kier alpha value is -4.70. The number of carbonyl (C=O) groups excluding carboxylic acids is 2. The first kappa shape index (κ1) is 38.5. The number of hydrogen-bond donors (Lipinski definition) is 1. The molecule has 0 unspecified atom stereocenters. The van der Waals surface area contributed by atoms with E-state index in [9.17, 15) is 27.6 Å². The molecule has 12 nitrogen and oxygen atoms in total. The summed E-state index contributed by atoms with van der Waals surface area (Å²) in [5, 5.41) is 2.37. The molecule has 1 saturated carbocycles. The highest BCUT2D eigenvalue weighted by atomic mass is 28.3. The molecule has 3 aromatic heterocycles. The van der Waals surface area contributed by atoms with Crippen LogP contribution < -0.4 is 15.8 Å². The number of benzene rings is 1. The normalized spacial score (nSPS) is 16.5. The predicted molar refractivity (Wildman–Crippen MR) is 195 cm³/mol. The number of urea groups is 1. The maximum absolute atomic E-state index is 13.3. The smallest absolute Gasteiger partial charge is 0.417 e. The monoisotopic (exact) mass is 741 g/mol. The van der Waals surface area contributed by atoms with E-state index in [-0.39, 0.29) is 25.3 Å². The van der Waals surface area contributed by atoms with Gasteiger partial charge < -0.3 is 28.8 Å². The summed E-state index contributed by atoms with van der Waals surface area (Å²) in [6.07, 6.45) is 1.54. The predicted octanol–water partition coefficient (Wildman–Crippen LogP) is 7.42. The lowest BCUT2D eigenvalue weighted by atomic mass is 9.83. The Morgan fingerprint density at radius 2 is 1.75 bits per heavy atom. The zero-order valence-corrected chi connectivity index (χ0v) is 31.4. The maximum atomic E-state index is 13.3. The van der Waals surface area contributed by atoms with Gasteiger partial charge in [-0.2, -0.15) is 13.2 Å². The summed E-state index contributed by atoms with van der Waals surface area (Å²) in [4.78, 5) is 51.4. The van der Waals surface area contributed by atoms with Crippen molar-refractivity contribution in [2.45, 2.75) is 82.8 Å². The second-order valence-corrected chi connectivity index (χ2v) is 20.1. The topological polar surface area (TPSA) is 124 Å². The number of halogens is 3. The molecule has 3 heterocycles. The molecule has 0 atom stereocenters. The molecule has 52 heavy (non-hydrogen) atoms. The van der Waals surface area contributed by atoms with Gasteiger partial charge in [-0.15, -0.1) is 0 Å². The van der Waals surface area contributed by atoms with E-state index >= 15 is 0 Å². The fraction of sp³-hybridized carbons (Fsp3) is 0.472. The van der Waals surface area contributed by atoms with E-state index in [2.05, 4.69) is 25.0 Å². The van der Waals surface area contributed by atoms with Gasteiger partial charge in [0.2, 0.25) is 0 Å². The largest absolute Gasteiger partial charge is 0.444 e. The third kappa shape index (κ3) is 9.39. The number of pyridine rings is 1. The molecule has 1 N–H and O–H groups in total. The van der Waals surface area contributed by atoms with Gasteiger partial charge in [0, 0.05) is 60.2 Å². The molecule has 16 heteroatoms. The van der Waals surface area contributed by atoms with E-state index in [1.165, 1.54) is 16.8 Å². The molecular formula is C36H46F3N7O5Si. The molecule has 5 rings (SSSR count). The van der Waals surface area contributed by atoms with E-state index in [4.69, 9.17) is 19.4 Å². The highest BCUT2D eigenvalue weighted by molar-refractivity contribution is 6.76. The minimum absolute atomic E-state index is 0.0138. The molecule has 1 aliphatic carbocycles. The number of aryl methyl sites for hydroxylation is 1. The van der Waals surface area contributed by atoms with E-state index < -0.39 is 43.2 Å². The Labute approximate surface area is 301 Å². The lowest BCUT2D eigenvalue weighted by Gasteiger charge is -2.34. The minimum atomic E-state index is -4.67. The molecule has 3 amide bonds. The summed E-state index contributed by atoms with van der Waals surface area (Å²) >= 11 is 0. The van der Waals surface area contributed by atoms with E-state index in [0.29, 0.717) is 61.4 Å². The molecule has 0 saturated heterocycles. The number of anilines is 2. The molecule has 0 radical (unpaired) electrons. The van der Waals surface area contributed by atoms with E-state index in [1.807, 2.05) is 34.9 Å². The number of nitrogens with one attached hydrogen (secondary N) is 1. The van der Waals surface area contributed by atoms with Gasteiger partial charge in [0.1, 0.15) is 24.5 Å². The van der Waals surface area contributed by atoms with Gasteiger partial charge in [-0.05, 0) is 43.4 Å². The average molecular weight is 742 g/mol. The Balaban J connectivity index is 1.29. The van der Waals surface area contributed by atoms with Gasteiger partial charge in [-0.1, -0.05) is 50.0 Å². The van der Waals surface area contributed by atoms with Gasteiger partial charge in [0.15, 0.2) is 5.65 Å². The van der Waals surface area contributed by atoms with Gasteiger partial charge in [0.05, 0.1) is 23.1 Å². The number of ether oxygens (including phenoxy) is 2. The van der Waals surface area contributed by atoms with Gasteiger partial charge in [0.25, 0.3) is 5.56 Å². The summed E-state index contributed by atoms with van der Waals surface area (Å²) in [5.41, 5.74) is 1.03. The number of fused-ring (bicyclic) bond motifs is 1. The van der Waals surface area contributed by atoms with Crippen molar-refractivity contribution in [1.29, 1.82) is 0 Å². The highest BCUT2D eigenvalue weighted by Crippen LogP contribution is 2.36. The number of alkyl halides is 3. The number of hydrogen-bond acceptors (Lipinski definition) is 7. The molecule has 1 aliphatic rings. The van der Waals surface area contributed by atoms with Crippen LogP contribution >= 0.6 is 0 Å². The number of carbonyl (C=O) groups is 2. The van der Waals surface area contributed by atoms with Crippen LogP contribution in [-0.4, -0.2) is 70.9 Å². The number of amides is 3. The quantitative estimate of drug-likeness (QED) is 0.125. The first-order valence-electron chi connectivity index (χ1n) is 17.2. The van der Waals surface area contributed by atoms with Gasteiger partial charge in [-0.25, -0.2) is 19.6 Å². The van der Waals surface area contributed by atoms with Crippen LogP contribution in [0.15, 0.2) is 59.8 Å². The van der Waals surface area contributed by atoms with Crippen LogP contribution in [0.5, 0.6) is 0 Å². The zero-order valence-electron chi connectivity index (χ0n) is 30.4. The molecule has 280 valence electrons. The van der Waals surface area contributed by atoms with Crippen LogP contribution in [-0.2, 0) is 36.0 Å². The second kappa shape index (κ2) is 15.9. The first-order valence-corrected chi connectivity index (χ1v) is 20.9. The summed E-state index contributed by atoms with van der Waals surface area (Å²) in [7, 11) is 3.11. The zero-order chi connectivity index (χ0) is 37.8. The summed E-state index contributed by atoms with van der Waals surface area (Å²) in [6, 6.07) is 10.2. The van der Waals surface area contributed by atoms with Crippen molar-refractivity contribution in [3.05, 3.63) is 82.2 Å². The van der Waals surface area contributed by atoms with Gasteiger partial charge >= 0.3 is 18.3 Å². The second-order valence-electron chi connectivity index (χ2n) is 14.5. The Bertz CT molecular complexity index is 1940. The molecular weight excluding hydrogens is 696 g/mol.